The number of amides is 3. The van der Waals surface area contributed by atoms with Crippen LogP contribution in [0.2, 0.25) is 5.02 Å². The Kier molecular flexibility index (Phi) is 10.1. The van der Waals surface area contributed by atoms with E-state index in [0.717, 1.165) is 5.56 Å². The number of rotatable bonds is 9. The number of carbonyl (C=O) groups is 3. The van der Waals surface area contributed by atoms with Crippen LogP contribution in [0.1, 0.15) is 45.5 Å². The molecule has 0 fully saturated rings. The lowest BCUT2D eigenvalue weighted by molar-refractivity contribution is -0.131. The summed E-state index contributed by atoms with van der Waals surface area (Å²) in [6.07, 6.45) is 2.86. The number of fused-ring (bicyclic) bond motifs is 1. The van der Waals surface area contributed by atoms with Crippen molar-refractivity contribution in [3.8, 4) is 11.3 Å². The first-order chi connectivity index (χ1) is 22.8. The maximum absolute atomic E-state index is 14.3. The van der Waals surface area contributed by atoms with E-state index in [0.29, 0.717) is 40.7 Å². The maximum atomic E-state index is 14.3. The molecule has 0 saturated heterocycles. The third kappa shape index (κ3) is 8.37. The number of ether oxygens (including phenoxy) is 1. The minimum atomic E-state index is -1.03. The molecule has 1 aromatic heterocycles. The van der Waals surface area contributed by atoms with E-state index in [1.807, 2.05) is 0 Å². The molecule has 0 radical (unpaired) electrons. The van der Waals surface area contributed by atoms with Gasteiger partial charge < -0.3 is 25.6 Å². The van der Waals surface area contributed by atoms with E-state index < -0.39 is 35.3 Å². The lowest BCUT2D eigenvalue weighted by Crippen LogP contribution is -2.49. The summed E-state index contributed by atoms with van der Waals surface area (Å²) in [5.74, 6) is -0.809. The van der Waals surface area contributed by atoms with Crippen molar-refractivity contribution in [2.45, 2.75) is 58.7 Å². The van der Waals surface area contributed by atoms with Crippen molar-refractivity contribution < 1.29 is 27.9 Å². The van der Waals surface area contributed by atoms with Gasteiger partial charge in [-0.2, -0.15) is 0 Å². The molecule has 1 aliphatic heterocycles. The van der Waals surface area contributed by atoms with E-state index in [-0.39, 0.29) is 23.9 Å². The van der Waals surface area contributed by atoms with Crippen LogP contribution < -0.4 is 16.0 Å². The summed E-state index contributed by atoms with van der Waals surface area (Å²) in [6.45, 7) is 6.92. The van der Waals surface area contributed by atoms with Crippen LogP contribution in [0.3, 0.4) is 0 Å². The maximum Gasteiger partial charge on any atom is 0.408 e. The first-order valence-electron chi connectivity index (χ1n) is 15.3. The molecule has 3 amide bonds. The number of nitrogens with one attached hydrogen (secondary N) is 3. The van der Waals surface area contributed by atoms with Gasteiger partial charge in [0.25, 0.3) is 0 Å². The van der Waals surface area contributed by atoms with E-state index in [9.17, 15) is 23.2 Å². The van der Waals surface area contributed by atoms with Crippen molar-refractivity contribution in [1.82, 2.24) is 19.8 Å². The number of anilines is 3. The highest BCUT2D eigenvalue weighted by Gasteiger charge is 2.31. The van der Waals surface area contributed by atoms with Gasteiger partial charge in [0.15, 0.2) is 0 Å². The summed E-state index contributed by atoms with van der Waals surface area (Å²) in [6, 6.07) is 16.1. The van der Waals surface area contributed by atoms with Crippen molar-refractivity contribution in [3.05, 3.63) is 101 Å². The van der Waals surface area contributed by atoms with Gasteiger partial charge in [-0.05, 0) is 68.8 Å². The first kappa shape index (κ1) is 34.1. The number of halogens is 3. The molecule has 4 aromatic rings. The molecule has 10 nitrogen and oxygen atoms in total. The Morgan fingerprint density at radius 3 is 2.40 bits per heavy atom. The lowest BCUT2D eigenvalue weighted by atomic mass is 10.0. The van der Waals surface area contributed by atoms with Gasteiger partial charge >= 0.3 is 6.09 Å². The fraction of sp³-hybridized carbons (Fsp3) is 0.257. The summed E-state index contributed by atoms with van der Waals surface area (Å²) in [7, 11) is 0. The number of alkyl carbamates (subject to hydrolysis) is 1. The Hall–Kier alpha value is -5.23. The normalized spacial score (nSPS) is 13.0. The van der Waals surface area contributed by atoms with Gasteiger partial charge in [0.1, 0.15) is 40.6 Å². The smallest absolute Gasteiger partial charge is 0.408 e. The van der Waals surface area contributed by atoms with Crippen LogP contribution in [0.5, 0.6) is 0 Å². The quantitative estimate of drug-likeness (QED) is 0.169. The van der Waals surface area contributed by atoms with Crippen molar-refractivity contribution in [2.24, 2.45) is 0 Å². The lowest BCUT2D eigenvalue weighted by Gasteiger charge is -2.28. The van der Waals surface area contributed by atoms with Gasteiger partial charge in [-0.1, -0.05) is 42.8 Å². The zero-order valence-corrected chi connectivity index (χ0v) is 27.6. The number of hydrogen-bond donors (Lipinski definition) is 3. The average Bonchev–Trinajstić information content (AvgIpc) is 3.39. The molecule has 3 N–H and O–H groups in total. The third-order valence-electron chi connectivity index (χ3n) is 7.24. The second-order valence-electron chi connectivity index (χ2n) is 12.1. The van der Waals surface area contributed by atoms with Crippen LogP contribution in [0, 0.1) is 11.6 Å². The number of aromatic nitrogens is 2. The molecular formula is C35H35ClF2N6O4. The zero-order chi connectivity index (χ0) is 34.6. The largest absolute Gasteiger partial charge is 0.444 e. The fourth-order valence-corrected chi connectivity index (χ4v) is 5.10. The SMILES string of the molecule is CCC(=O)Nc1ccc(CC(NC(=O)OC(C)(C)C)C(=O)N2C=Cn3c(nc(-c4cccc(F)c4)c3Nc3ccc(Cl)c(F)c3)C2)cc1. The van der Waals surface area contributed by atoms with Gasteiger partial charge in [-0.3, -0.25) is 14.2 Å². The molecule has 0 saturated carbocycles. The molecule has 5 rings (SSSR count). The highest BCUT2D eigenvalue weighted by atomic mass is 35.5. The van der Waals surface area contributed by atoms with Crippen molar-refractivity contribution in [3.63, 3.8) is 0 Å². The van der Waals surface area contributed by atoms with E-state index in [1.54, 1.807) is 87.1 Å². The summed E-state index contributed by atoms with van der Waals surface area (Å²) >= 11 is 5.88. The molecule has 13 heteroatoms. The van der Waals surface area contributed by atoms with Gasteiger partial charge in [-0.25, -0.2) is 18.6 Å². The van der Waals surface area contributed by atoms with Crippen molar-refractivity contribution in [1.29, 1.82) is 0 Å². The molecule has 3 aromatic carbocycles. The highest BCUT2D eigenvalue weighted by molar-refractivity contribution is 6.30. The third-order valence-corrected chi connectivity index (χ3v) is 7.55. The number of carbonyl (C=O) groups excluding carboxylic acids is 3. The molecule has 1 aliphatic rings. The monoisotopic (exact) mass is 676 g/mol. The predicted molar refractivity (Wildman–Crippen MR) is 180 cm³/mol. The van der Waals surface area contributed by atoms with E-state index >= 15 is 0 Å². The van der Waals surface area contributed by atoms with E-state index in [4.69, 9.17) is 21.3 Å². The minimum Gasteiger partial charge on any atom is -0.444 e. The minimum absolute atomic E-state index is 0.00277. The van der Waals surface area contributed by atoms with Crippen LogP contribution in [0.4, 0.5) is 30.8 Å². The molecule has 0 bridgehead atoms. The van der Waals surface area contributed by atoms with Crippen molar-refractivity contribution >= 4 is 52.9 Å². The molecular weight excluding hydrogens is 642 g/mol. The van der Waals surface area contributed by atoms with Crippen LogP contribution in [-0.4, -0.2) is 44.0 Å². The molecule has 0 spiro atoms. The molecule has 1 atom stereocenters. The van der Waals surface area contributed by atoms with Gasteiger partial charge in [-0.15, -0.1) is 0 Å². The molecule has 0 aliphatic carbocycles. The average molecular weight is 677 g/mol. The van der Waals surface area contributed by atoms with Crippen LogP contribution >= 0.6 is 11.6 Å². The van der Waals surface area contributed by atoms with E-state index in [2.05, 4.69) is 16.0 Å². The van der Waals surface area contributed by atoms with Gasteiger partial charge in [0.2, 0.25) is 11.8 Å². The van der Waals surface area contributed by atoms with Crippen molar-refractivity contribution in [2.75, 3.05) is 10.6 Å². The standard InChI is InChI=1S/C35H35ClF2N6O4/c1-5-30(45)39-24-11-9-21(10-12-24)17-28(41-34(47)48-35(2,3)4)33(46)43-15-16-44-29(20-43)42-31(22-7-6-8-23(37)18-22)32(44)40-25-13-14-26(36)27(38)19-25/h6-16,18-19,28,40H,5,17,20H2,1-4H3,(H,39,45)(H,41,47). The number of benzene rings is 3. The van der Waals surface area contributed by atoms with Crippen LogP contribution in [-0.2, 0) is 27.3 Å². The Morgan fingerprint density at radius 1 is 1.00 bits per heavy atom. The van der Waals surface area contributed by atoms with Crippen LogP contribution in [0.15, 0.2) is 72.9 Å². The first-order valence-corrected chi connectivity index (χ1v) is 15.6. The number of hydrogen-bond acceptors (Lipinski definition) is 6. The topological polar surface area (TPSA) is 118 Å². The Morgan fingerprint density at radius 2 is 1.73 bits per heavy atom. The number of imidazole rings is 1. The Bertz CT molecular complexity index is 1870. The summed E-state index contributed by atoms with van der Waals surface area (Å²) in [5.41, 5.74) is 1.76. The predicted octanol–water partition coefficient (Wildman–Crippen LogP) is 7.48. The van der Waals surface area contributed by atoms with Gasteiger partial charge in [0, 0.05) is 42.2 Å². The summed E-state index contributed by atoms with van der Waals surface area (Å²) in [5, 5.41) is 8.61. The summed E-state index contributed by atoms with van der Waals surface area (Å²) in [4.78, 5) is 44.8. The molecule has 48 heavy (non-hydrogen) atoms. The second-order valence-corrected chi connectivity index (χ2v) is 12.5. The molecule has 1 unspecified atom stereocenters. The Balaban J connectivity index is 1.44. The zero-order valence-electron chi connectivity index (χ0n) is 26.8. The van der Waals surface area contributed by atoms with Gasteiger partial charge in [0.05, 0.1) is 11.6 Å². The summed E-state index contributed by atoms with van der Waals surface area (Å²) < 4.78 is 35.7. The van der Waals surface area contributed by atoms with Crippen LogP contribution in [0.25, 0.3) is 17.5 Å². The Labute approximate surface area is 281 Å². The number of nitrogens with zero attached hydrogens (tertiary/aromatic N) is 3. The second kappa shape index (κ2) is 14.3. The molecule has 250 valence electrons. The molecule has 2 heterocycles. The fourth-order valence-electron chi connectivity index (χ4n) is 4.98. The highest BCUT2D eigenvalue weighted by Crippen LogP contribution is 2.34. The van der Waals surface area contributed by atoms with E-state index in [1.165, 1.54) is 29.2 Å².